The molecular weight excluding hydrogens is 422 g/mol. The molecule has 0 spiro atoms. The Morgan fingerprint density at radius 2 is 0.676 bits per heavy atom. The van der Waals surface area contributed by atoms with E-state index in [-0.39, 0.29) is 11.6 Å². The van der Waals surface area contributed by atoms with Gasteiger partial charge in [-0.05, 0) is 89.6 Å². The van der Waals surface area contributed by atoms with Crippen LogP contribution in [0.4, 0.5) is 8.78 Å². The topological polar surface area (TPSA) is 0 Å². The first-order valence-electron chi connectivity index (χ1n) is 11.3. The quantitative estimate of drug-likeness (QED) is 0.186. The van der Waals surface area contributed by atoms with E-state index < -0.39 is 0 Å². The van der Waals surface area contributed by atoms with Crippen molar-refractivity contribution in [1.29, 1.82) is 0 Å². The SMILES string of the molecule is Fc1ccc(-c2ccc3c4cccc5c(-c6ccc(F)cc6)ccc(c6cccc2c63)c54)cc1. The second-order valence-corrected chi connectivity index (χ2v) is 8.79. The fourth-order valence-electron chi connectivity index (χ4n) is 5.47. The van der Waals surface area contributed by atoms with Crippen molar-refractivity contribution >= 4 is 43.1 Å². The summed E-state index contributed by atoms with van der Waals surface area (Å²) in [6, 6.07) is 34.9. The molecule has 0 amide bonds. The van der Waals surface area contributed by atoms with Gasteiger partial charge in [-0.2, -0.15) is 0 Å². The van der Waals surface area contributed by atoms with E-state index in [2.05, 4.69) is 60.7 Å². The van der Waals surface area contributed by atoms with Crippen LogP contribution in [0.25, 0.3) is 65.3 Å². The van der Waals surface area contributed by atoms with Crippen molar-refractivity contribution in [3.63, 3.8) is 0 Å². The third-order valence-corrected chi connectivity index (χ3v) is 6.97. The molecule has 0 unspecified atom stereocenters. The minimum Gasteiger partial charge on any atom is -0.207 e. The lowest BCUT2D eigenvalue weighted by molar-refractivity contribution is 0.627. The molecule has 0 aliphatic carbocycles. The maximum Gasteiger partial charge on any atom is 0.123 e. The van der Waals surface area contributed by atoms with Gasteiger partial charge in [0.2, 0.25) is 0 Å². The maximum atomic E-state index is 13.6. The van der Waals surface area contributed by atoms with E-state index in [1.54, 1.807) is 0 Å². The van der Waals surface area contributed by atoms with Gasteiger partial charge in [-0.1, -0.05) is 84.9 Å². The predicted molar refractivity (Wildman–Crippen MR) is 138 cm³/mol. The van der Waals surface area contributed by atoms with Crippen molar-refractivity contribution in [2.24, 2.45) is 0 Å². The molecule has 0 nitrogen and oxygen atoms in total. The highest BCUT2D eigenvalue weighted by Gasteiger charge is 2.17. The number of benzene rings is 7. The van der Waals surface area contributed by atoms with Crippen molar-refractivity contribution in [2.75, 3.05) is 0 Å². The van der Waals surface area contributed by atoms with Crippen LogP contribution in [0.3, 0.4) is 0 Å². The fourth-order valence-corrected chi connectivity index (χ4v) is 5.47. The Bertz CT molecular complexity index is 1690. The number of fused-ring (bicyclic) bond motifs is 2. The highest BCUT2D eigenvalue weighted by Crippen LogP contribution is 2.44. The largest absolute Gasteiger partial charge is 0.207 e. The molecule has 0 fully saturated rings. The molecule has 7 aromatic rings. The molecule has 0 aliphatic rings. The molecule has 0 atom stereocenters. The van der Waals surface area contributed by atoms with E-state index in [4.69, 9.17) is 0 Å². The van der Waals surface area contributed by atoms with Gasteiger partial charge in [0.25, 0.3) is 0 Å². The molecule has 7 rings (SSSR count). The summed E-state index contributed by atoms with van der Waals surface area (Å²) < 4.78 is 27.1. The molecule has 0 aromatic heterocycles. The minimum atomic E-state index is -0.232. The summed E-state index contributed by atoms with van der Waals surface area (Å²) >= 11 is 0. The Hall–Kier alpha value is -4.30. The van der Waals surface area contributed by atoms with E-state index in [0.29, 0.717) is 0 Å². The molecule has 0 heterocycles. The van der Waals surface area contributed by atoms with Crippen LogP contribution < -0.4 is 0 Å². The van der Waals surface area contributed by atoms with Gasteiger partial charge in [-0.25, -0.2) is 8.78 Å². The molecule has 0 radical (unpaired) electrons. The summed E-state index contributed by atoms with van der Waals surface area (Å²) in [5.74, 6) is -0.465. The summed E-state index contributed by atoms with van der Waals surface area (Å²) in [6.45, 7) is 0. The van der Waals surface area contributed by atoms with Crippen LogP contribution in [0.15, 0.2) is 109 Å². The molecule has 0 saturated heterocycles. The van der Waals surface area contributed by atoms with Crippen molar-refractivity contribution in [2.45, 2.75) is 0 Å². The second kappa shape index (κ2) is 7.10. The zero-order chi connectivity index (χ0) is 22.8. The Morgan fingerprint density at radius 3 is 1.09 bits per heavy atom. The lowest BCUT2D eigenvalue weighted by Gasteiger charge is -2.18. The molecule has 2 heteroatoms. The van der Waals surface area contributed by atoms with Crippen molar-refractivity contribution in [3.05, 3.63) is 121 Å². The zero-order valence-corrected chi connectivity index (χ0v) is 18.1. The molecule has 7 aromatic carbocycles. The van der Waals surface area contributed by atoms with Crippen LogP contribution in [-0.4, -0.2) is 0 Å². The Labute approximate surface area is 195 Å². The Morgan fingerprint density at radius 1 is 0.324 bits per heavy atom. The summed E-state index contributed by atoms with van der Waals surface area (Å²) in [7, 11) is 0. The van der Waals surface area contributed by atoms with E-state index in [0.717, 1.165) is 33.0 Å². The number of hydrogen-bond acceptors (Lipinski definition) is 0. The van der Waals surface area contributed by atoms with Gasteiger partial charge < -0.3 is 0 Å². The molecular formula is C32H18F2. The van der Waals surface area contributed by atoms with Crippen LogP contribution in [0.2, 0.25) is 0 Å². The summed E-state index contributed by atoms with van der Waals surface area (Å²) in [6.07, 6.45) is 0. The number of hydrogen-bond donors (Lipinski definition) is 0. The average Bonchev–Trinajstić information content (AvgIpc) is 2.88. The summed E-state index contributed by atoms with van der Waals surface area (Å²) in [4.78, 5) is 0. The third kappa shape index (κ3) is 2.69. The van der Waals surface area contributed by atoms with Gasteiger partial charge in [-0.15, -0.1) is 0 Å². The fraction of sp³-hybridized carbons (Fsp3) is 0. The maximum absolute atomic E-state index is 13.6. The van der Waals surface area contributed by atoms with E-state index >= 15 is 0 Å². The second-order valence-electron chi connectivity index (χ2n) is 8.79. The van der Waals surface area contributed by atoms with Crippen molar-refractivity contribution in [3.8, 4) is 22.3 Å². The highest BCUT2D eigenvalue weighted by atomic mass is 19.1. The van der Waals surface area contributed by atoms with E-state index in [1.807, 2.05) is 24.3 Å². The lowest BCUT2D eigenvalue weighted by Crippen LogP contribution is -1.90. The summed E-state index contributed by atoms with van der Waals surface area (Å²) in [5, 5.41) is 9.56. The molecule has 0 bridgehead atoms. The van der Waals surface area contributed by atoms with Crippen molar-refractivity contribution < 1.29 is 8.78 Å². The summed E-state index contributed by atoms with van der Waals surface area (Å²) in [5.41, 5.74) is 4.19. The predicted octanol–water partition coefficient (Wildman–Crippen LogP) is 9.35. The van der Waals surface area contributed by atoms with Gasteiger partial charge in [0.1, 0.15) is 11.6 Å². The highest BCUT2D eigenvalue weighted by molar-refractivity contribution is 6.35. The normalized spacial score (nSPS) is 11.8. The average molecular weight is 440 g/mol. The molecule has 0 N–H and O–H groups in total. The van der Waals surface area contributed by atoms with Crippen LogP contribution in [0.5, 0.6) is 0 Å². The molecule has 160 valence electrons. The lowest BCUT2D eigenvalue weighted by atomic mass is 9.85. The smallest absolute Gasteiger partial charge is 0.123 e. The van der Waals surface area contributed by atoms with Crippen LogP contribution >= 0.6 is 0 Å². The van der Waals surface area contributed by atoms with Gasteiger partial charge in [0.15, 0.2) is 0 Å². The first kappa shape index (κ1) is 19.2. The minimum absolute atomic E-state index is 0.232. The van der Waals surface area contributed by atoms with Gasteiger partial charge in [0, 0.05) is 0 Å². The van der Waals surface area contributed by atoms with E-state index in [1.165, 1.54) is 56.6 Å². The van der Waals surface area contributed by atoms with Gasteiger partial charge >= 0.3 is 0 Å². The molecule has 0 aliphatic heterocycles. The standard InChI is InChI=1S/C32H18F2/c33-21-11-7-19(8-12-21)23-15-18-30-28-6-2-4-26-24(20-9-13-22(34)14-10-20)16-17-29(32(26)28)27-5-1-3-25(23)31(27)30/h1-18H. The third-order valence-electron chi connectivity index (χ3n) is 6.97. The molecule has 0 saturated carbocycles. The Balaban J connectivity index is 1.61. The first-order chi connectivity index (χ1) is 16.7. The van der Waals surface area contributed by atoms with Crippen LogP contribution in [-0.2, 0) is 0 Å². The number of halogens is 2. The monoisotopic (exact) mass is 440 g/mol. The zero-order valence-electron chi connectivity index (χ0n) is 18.1. The van der Waals surface area contributed by atoms with Crippen molar-refractivity contribution in [1.82, 2.24) is 0 Å². The molecule has 34 heavy (non-hydrogen) atoms. The Kier molecular flexibility index (Phi) is 4.01. The van der Waals surface area contributed by atoms with Gasteiger partial charge in [0.05, 0.1) is 0 Å². The first-order valence-corrected chi connectivity index (χ1v) is 11.3. The van der Waals surface area contributed by atoms with Crippen LogP contribution in [0.1, 0.15) is 0 Å². The van der Waals surface area contributed by atoms with Gasteiger partial charge in [-0.3, -0.25) is 0 Å². The van der Waals surface area contributed by atoms with E-state index in [9.17, 15) is 8.78 Å². The van der Waals surface area contributed by atoms with Crippen LogP contribution in [0, 0.1) is 11.6 Å². The number of rotatable bonds is 2.